The molecule has 0 bridgehead atoms. The number of anilines is 1. The number of fused-ring (bicyclic) bond motifs is 6. The quantitative estimate of drug-likeness (QED) is 0.0380. The topological polar surface area (TPSA) is 300 Å². The average molecular weight is 1080 g/mol. The van der Waals surface area contributed by atoms with Crippen molar-refractivity contribution in [3.05, 3.63) is 132 Å². The van der Waals surface area contributed by atoms with E-state index in [-0.39, 0.29) is 65.7 Å². The predicted molar refractivity (Wildman–Crippen MR) is 266 cm³/mol. The molecule has 20 nitrogen and oxygen atoms in total. The van der Waals surface area contributed by atoms with Gasteiger partial charge in [0.1, 0.15) is 11.4 Å². The Balaban J connectivity index is 1.32. The van der Waals surface area contributed by atoms with E-state index in [0.29, 0.717) is 61.4 Å². The molecular weight excluding hydrogens is 1030 g/mol. The van der Waals surface area contributed by atoms with Crippen LogP contribution in [0.15, 0.2) is 118 Å². The normalized spacial score (nSPS) is 17.7. The first-order valence-corrected chi connectivity index (χ1v) is 28.2. The number of rotatable bonds is 15. The van der Waals surface area contributed by atoms with Crippen LogP contribution in [-0.2, 0) is 65.7 Å². The summed E-state index contributed by atoms with van der Waals surface area (Å²) in [6.07, 6.45) is 7.77. The van der Waals surface area contributed by atoms with Crippen LogP contribution in [0.5, 0.6) is 0 Å². The number of imide groups is 1. The SMILES string of the molecule is [CH]CCN1/C(=C/C=C(/C=C/C2=[N+](CCCS(=O)(=O)O)c3ccc4ccc(S(=O)(=O)O)cc4c3C2(C)C)c2ccc(C(=O)ON3C(=O)CCC3=O)cn2)C(C)(C)c2c1ccc1c(S(=O)(=O)O)cc(S(=O)(=O)O)cc21. The maximum atomic E-state index is 13.2. The summed E-state index contributed by atoms with van der Waals surface area (Å²) in [5.41, 5.74) is 1.64. The molecule has 24 heteroatoms. The van der Waals surface area contributed by atoms with Crippen LogP contribution in [0.1, 0.15) is 80.6 Å². The summed E-state index contributed by atoms with van der Waals surface area (Å²) >= 11 is 0. The highest BCUT2D eigenvalue weighted by Gasteiger charge is 2.46. The molecule has 3 aliphatic rings. The van der Waals surface area contributed by atoms with Gasteiger partial charge in [0, 0.05) is 77.5 Å². The molecule has 4 aromatic carbocycles. The lowest BCUT2D eigenvalue weighted by Gasteiger charge is -2.27. The van der Waals surface area contributed by atoms with Gasteiger partial charge in [0.2, 0.25) is 5.69 Å². The molecule has 0 aliphatic carbocycles. The van der Waals surface area contributed by atoms with Crippen LogP contribution in [0.3, 0.4) is 0 Å². The Morgan fingerprint density at radius 3 is 2.04 bits per heavy atom. The first kappa shape index (κ1) is 52.8. The lowest BCUT2D eigenvalue weighted by Crippen LogP contribution is -2.32. The van der Waals surface area contributed by atoms with Crippen LogP contribution in [-0.4, -0.2) is 109 Å². The number of hydrogen-bond acceptors (Lipinski definition) is 14. The Hall–Kier alpha value is -6.51. The number of amides is 2. The minimum Gasteiger partial charge on any atom is -0.344 e. The molecule has 73 heavy (non-hydrogen) atoms. The third-order valence-electron chi connectivity index (χ3n) is 13.0. The summed E-state index contributed by atoms with van der Waals surface area (Å²) in [5, 5.41) is 1.57. The highest BCUT2D eigenvalue weighted by atomic mass is 32.2. The van der Waals surface area contributed by atoms with Crippen molar-refractivity contribution in [1.29, 1.82) is 0 Å². The molecule has 5 aromatic rings. The van der Waals surface area contributed by atoms with Crippen molar-refractivity contribution >= 4 is 102 Å². The van der Waals surface area contributed by atoms with Crippen LogP contribution in [0.4, 0.5) is 11.4 Å². The van der Waals surface area contributed by atoms with Crippen LogP contribution in [0.2, 0.25) is 0 Å². The fraction of sp³-hybridized carbons (Fsp3) is 0.265. The second-order valence-corrected chi connectivity index (χ2v) is 24.3. The van der Waals surface area contributed by atoms with Gasteiger partial charge in [0.15, 0.2) is 5.71 Å². The fourth-order valence-electron chi connectivity index (χ4n) is 9.78. The molecule has 4 heterocycles. The predicted octanol–water partition coefficient (Wildman–Crippen LogP) is 6.43. The first-order valence-electron chi connectivity index (χ1n) is 22.3. The number of benzene rings is 4. The molecule has 1 aromatic heterocycles. The van der Waals surface area contributed by atoms with Crippen molar-refractivity contribution in [2.45, 2.75) is 78.9 Å². The van der Waals surface area contributed by atoms with Crippen molar-refractivity contribution < 1.29 is 75.7 Å². The summed E-state index contributed by atoms with van der Waals surface area (Å²) in [5.74, 6) is -3.01. The Kier molecular flexibility index (Phi) is 13.6. The molecule has 4 N–H and O–H groups in total. The molecule has 0 atom stereocenters. The van der Waals surface area contributed by atoms with Gasteiger partial charge in [-0.25, -0.2) is 4.79 Å². The van der Waals surface area contributed by atoms with Gasteiger partial charge in [-0.3, -0.25) is 32.8 Å². The Bertz CT molecular complexity index is 3810. The summed E-state index contributed by atoms with van der Waals surface area (Å²) in [6.45, 7) is 13.7. The largest absolute Gasteiger partial charge is 0.365 e. The van der Waals surface area contributed by atoms with Gasteiger partial charge in [0.25, 0.3) is 52.3 Å². The molecule has 2 radical (unpaired) electrons. The Morgan fingerprint density at radius 1 is 0.781 bits per heavy atom. The number of hydroxylamine groups is 2. The minimum atomic E-state index is -5.04. The Morgan fingerprint density at radius 2 is 1.44 bits per heavy atom. The lowest BCUT2D eigenvalue weighted by molar-refractivity contribution is -0.437. The maximum Gasteiger partial charge on any atom is 0.365 e. The van der Waals surface area contributed by atoms with E-state index in [1.54, 1.807) is 62.4 Å². The van der Waals surface area contributed by atoms with E-state index in [2.05, 4.69) is 4.98 Å². The van der Waals surface area contributed by atoms with E-state index in [0.717, 1.165) is 6.07 Å². The van der Waals surface area contributed by atoms with Gasteiger partial charge in [-0.15, -0.1) is 5.06 Å². The second kappa shape index (κ2) is 18.8. The highest BCUT2D eigenvalue weighted by Crippen LogP contribution is 2.52. The molecular formula is C49H47N4O16S4+. The summed E-state index contributed by atoms with van der Waals surface area (Å²) in [6, 6.07) is 15.3. The number of allylic oxidation sites excluding steroid dienone is 6. The van der Waals surface area contributed by atoms with Crippen LogP contribution in [0.25, 0.3) is 27.1 Å². The number of carbonyl (C=O) groups excluding carboxylic acids is 3. The zero-order valence-corrected chi connectivity index (χ0v) is 42.6. The summed E-state index contributed by atoms with van der Waals surface area (Å²) in [4.78, 5) is 47.2. The van der Waals surface area contributed by atoms with Gasteiger partial charge in [-0.05, 0) is 110 Å². The van der Waals surface area contributed by atoms with E-state index >= 15 is 0 Å². The van der Waals surface area contributed by atoms with Gasteiger partial charge in [0.05, 0.1) is 32.2 Å². The summed E-state index contributed by atoms with van der Waals surface area (Å²) in [7, 11) is -19.1. The zero-order chi connectivity index (χ0) is 53.4. The Labute approximate surface area is 420 Å². The van der Waals surface area contributed by atoms with E-state index in [4.69, 9.17) is 11.8 Å². The number of aromatic nitrogens is 1. The second-order valence-electron chi connectivity index (χ2n) is 18.5. The van der Waals surface area contributed by atoms with Crippen LogP contribution < -0.4 is 4.90 Å². The number of hydrogen-bond donors (Lipinski definition) is 4. The van der Waals surface area contributed by atoms with Crippen molar-refractivity contribution in [3.8, 4) is 0 Å². The van der Waals surface area contributed by atoms with Crippen molar-refractivity contribution in [2.24, 2.45) is 0 Å². The molecule has 0 unspecified atom stereocenters. The number of carbonyl (C=O) groups is 3. The van der Waals surface area contributed by atoms with Gasteiger partial charge in [-0.1, -0.05) is 32.1 Å². The number of nitrogens with zero attached hydrogens (tertiary/aromatic N) is 4. The molecule has 1 saturated heterocycles. The molecule has 0 saturated carbocycles. The smallest absolute Gasteiger partial charge is 0.344 e. The van der Waals surface area contributed by atoms with Gasteiger partial charge in [-0.2, -0.15) is 38.2 Å². The van der Waals surface area contributed by atoms with Gasteiger partial charge >= 0.3 is 5.97 Å². The van der Waals surface area contributed by atoms with Crippen molar-refractivity contribution in [2.75, 3.05) is 23.7 Å². The molecule has 3 aliphatic heterocycles. The van der Waals surface area contributed by atoms with E-state index in [1.165, 1.54) is 36.5 Å². The van der Waals surface area contributed by atoms with Crippen LogP contribution >= 0.6 is 0 Å². The number of pyridine rings is 1. The average Bonchev–Trinajstić information content (AvgIpc) is 3.82. The monoisotopic (exact) mass is 1080 g/mol. The summed E-state index contributed by atoms with van der Waals surface area (Å²) < 4.78 is 141. The van der Waals surface area contributed by atoms with Crippen LogP contribution in [0, 0.1) is 6.92 Å². The molecule has 0 spiro atoms. The molecule has 382 valence electrons. The highest BCUT2D eigenvalue weighted by molar-refractivity contribution is 7.87. The maximum absolute atomic E-state index is 13.2. The lowest BCUT2D eigenvalue weighted by atomic mass is 9.79. The zero-order valence-electron chi connectivity index (χ0n) is 39.4. The standard InChI is InChI=1S/C49H46N4O16S4/c1-6-22-51-39-17-14-34-36(26-33(72(63,64)65)27-40(34)73(66,67)68)46(39)49(4,5)41(51)18-11-30(37-15-9-31(28-50-37)47(56)69-53-43(54)20-21-44(53)55)12-19-42-48(2,3)45-35-25-32(71(60,61)62)13-8-29(35)10-16-38(45)52(42)23-7-24-70(57,58)59/h1,8-19,25-28H,6-7,20-24H2,2-5H3,(H3-,57,58,59,60,61,62,63,64,65,66,67,68)/p+1. The van der Waals surface area contributed by atoms with E-state index in [1.807, 2.05) is 23.3 Å². The van der Waals surface area contributed by atoms with Crippen molar-refractivity contribution in [3.63, 3.8) is 0 Å². The third kappa shape index (κ3) is 10.1. The molecule has 8 rings (SSSR count). The third-order valence-corrected chi connectivity index (χ3v) is 16.4. The van der Waals surface area contributed by atoms with E-state index < -0.39 is 84.6 Å². The van der Waals surface area contributed by atoms with Gasteiger partial charge < -0.3 is 9.74 Å². The molecule has 1 fully saturated rings. The van der Waals surface area contributed by atoms with Crippen molar-refractivity contribution in [1.82, 2.24) is 10.0 Å². The molecule has 2 amide bonds. The fourth-order valence-corrected chi connectivity index (χ4v) is 12.1. The first-order chi connectivity index (χ1) is 33.9. The minimum absolute atomic E-state index is 0.0311. The van der Waals surface area contributed by atoms with E-state index in [9.17, 15) is 66.3 Å².